The first-order valence-electron chi connectivity index (χ1n) is 21.0. The molecule has 0 atom stereocenters. The molecule has 4 heterocycles. The summed E-state index contributed by atoms with van der Waals surface area (Å²) in [7, 11) is 3.63. The van der Waals surface area contributed by atoms with Gasteiger partial charge in [-0.15, -0.1) is 0 Å². The number of nitriles is 1. The Morgan fingerprint density at radius 1 is 1.00 bits per heavy atom. The number of likely N-dealkylation sites (tertiary alicyclic amines) is 1. The number of amides is 3. The van der Waals surface area contributed by atoms with Crippen LogP contribution < -0.4 is 25.2 Å². The molecule has 0 bridgehead atoms. The second kappa shape index (κ2) is 17.8. The Bertz CT molecular complexity index is 2550. The van der Waals surface area contributed by atoms with E-state index < -0.39 is 17.7 Å². The zero-order valence-electron chi connectivity index (χ0n) is 34.6. The van der Waals surface area contributed by atoms with Gasteiger partial charge >= 0.3 is 6.03 Å². The normalized spacial score (nSPS) is 18.5. The lowest BCUT2D eigenvalue weighted by atomic mass is 9.60. The molecule has 2 aliphatic carbocycles. The number of ether oxygens (including phenoxy) is 1. The summed E-state index contributed by atoms with van der Waals surface area (Å²) in [6, 6.07) is 14.5. The van der Waals surface area contributed by atoms with Crippen LogP contribution in [-0.4, -0.2) is 79.7 Å². The van der Waals surface area contributed by atoms with Gasteiger partial charge in [0.15, 0.2) is 17.4 Å². The van der Waals surface area contributed by atoms with Crippen LogP contribution in [-0.2, 0) is 11.8 Å². The number of hydrogen-bond acceptors (Lipinski definition) is 11. The number of hydrogen-bond donors (Lipinski definition) is 2. The van der Waals surface area contributed by atoms with E-state index >= 15 is 0 Å². The summed E-state index contributed by atoms with van der Waals surface area (Å²) in [5, 5.41) is 17.3. The Hall–Kier alpha value is -5.57. The number of aryl methyl sites for hydroxylation is 1. The number of carbonyl (C=O) groups is 2. The zero-order valence-corrected chi connectivity index (χ0v) is 35.4. The van der Waals surface area contributed by atoms with Crippen molar-refractivity contribution in [3.63, 3.8) is 0 Å². The first kappa shape index (κ1) is 42.1. The van der Waals surface area contributed by atoms with Gasteiger partial charge in [0.1, 0.15) is 23.2 Å². The third kappa shape index (κ3) is 8.80. The van der Waals surface area contributed by atoms with Gasteiger partial charge in [-0.05, 0) is 113 Å². The number of urea groups is 1. The van der Waals surface area contributed by atoms with Crippen LogP contribution in [0.5, 0.6) is 11.5 Å². The minimum atomic E-state index is -0.649. The molecular formula is C44H50F2N10O4S. The van der Waals surface area contributed by atoms with E-state index in [0.717, 1.165) is 30.9 Å². The van der Waals surface area contributed by atoms with E-state index in [1.165, 1.54) is 99.3 Å². The number of imide groups is 1. The van der Waals surface area contributed by atoms with Crippen molar-refractivity contribution < 1.29 is 23.1 Å². The molecule has 2 aromatic heterocycles. The maximum Gasteiger partial charge on any atom is 0.329 e. The van der Waals surface area contributed by atoms with Crippen molar-refractivity contribution in [3.05, 3.63) is 82.4 Å². The lowest BCUT2D eigenvalue weighted by molar-refractivity contribution is -0.120. The van der Waals surface area contributed by atoms with Gasteiger partial charge in [0, 0.05) is 56.2 Å². The Morgan fingerprint density at radius 3 is 2.49 bits per heavy atom. The zero-order chi connectivity index (χ0) is 42.8. The van der Waals surface area contributed by atoms with Crippen LogP contribution in [0.3, 0.4) is 0 Å². The van der Waals surface area contributed by atoms with E-state index in [2.05, 4.69) is 31.1 Å². The average Bonchev–Trinajstić information content (AvgIpc) is 3.58. The van der Waals surface area contributed by atoms with Crippen LogP contribution in [0.1, 0.15) is 82.7 Å². The number of halogens is 2. The minimum absolute atomic E-state index is 0.0602. The highest BCUT2D eigenvalue weighted by molar-refractivity contribution is 7.98. The van der Waals surface area contributed by atoms with E-state index in [1.807, 2.05) is 18.3 Å². The van der Waals surface area contributed by atoms with Crippen LogP contribution in [0.2, 0.25) is 0 Å². The summed E-state index contributed by atoms with van der Waals surface area (Å²) >= 11 is 1.31. The van der Waals surface area contributed by atoms with Crippen LogP contribution in [0.25, 0.3) is 21.8 Å². The van der Waals surface area contributed by atoms with Crippen molar-refractivity contribution in [2.24, 2.45) is 12.5 Å². The van der Waals surface area contributed by atoms with Crippen molar-refractivity contribution in [3.8, 4) is 17.6 Å². The fraction of sp³-hybridized carbons (Fsp3) is 0.455. The molecule has 4 aliphatic rings. The molecule has 0 radical (unpaired) electrons. The Labute approximate surface area is 357 Å². The molecule has 320 valence electrons. The number of aromatic nitrogens is 4. The standard InChI is InChI=1S/C32H39FN6O2S.C12H11FN4O2/c1-3-37(2)42-36-29-12-10-27(33)30(26(29)20-34)41-24-9-11-28-25(17-24)31(40)39(21-35-28)23-18-32(19-23)13-15-38(16-14-32)22-7-5-4-6-8-22;1-16-9-3-2-7(13)6-8(9)11(15-16)17-5-4-10(18)14-12(17)19/h9-12,17,21-23,36H,3-8,13-16,18-19H2,1-2H3;2-3,6H,4-5H2,1H3,(H,14,18,19). The van der Waals surface area contributed by atoms with Gasteiger partial charge in [-0.25, -0.2) is 22.9 Å². The molecule has 9 rings (SSSR count). The smallest absolute Gasteiger partial charge is 0.329 e. The third-order valence-electron chi connectivity index (χ3n) is 12.7. The molecule has 4 fully saturated rings. The molecule has 2 saturated heterocycles. The largest absolute Gasteiger partial charge is 0.453 e. The lowest BCUT2D eigenvalue weighted by Gasteiger charge is -2.53. The topological polar surface area (TPSA) is 154 Å². The van der Waals surface area contributed by atoms with Crippen LogP contribution >= 0.6 is 12.1 Å². The Morgan fingerprint density at radius 2 is 1.77 bits per heavy atom. The fourth-order valence-corrected chi connectivity index (χ4v) is 9.69. The number of nitrogens with zero attached hydrogens (tertiary/aromatic N) is 8. The van der Waals surface area contributed by atoms with Crippen LogP contribution in [0.4, 0.5) is 25.1 Å². The number of rotatable bonds is 9. The van der Waals surface area contributed by atoms with Crippen molar-refractivity contribution in [1.82, 2.24) is 33.9 Å². The Kier molecular flexibility index (Phi) is 12.3. The van der Waals surface area contributed by atoms with Gasteiger partial charge in [0.05, 0.1) is 28.4 Å². The SMILES string of the molecule is CCN(C)SNc1ccc(F)c(Oc2ccc3ncn(C4CC5(CCN(C6CCCCC6)CC5)C4)c(=O)c3c2)c1C#N.Cn1nc(N2CCC(=O)NC2=O)c2cc(F)ccc21. The van der Waals surface area contributed by atoms with Gasteiger partial charge in [-0.1, -0.05) is 26.2 Å². The lowest BCUT2D eigenvalue weighted by Crippen LogP contribution is -2.51. The van der Waals surface area contributed by atoms with E-state index in [9.17, 15) is 28.4 Å². The first-order valence-corrected chi connectivity index (χ1v) is 21.8. The first-order chi connectivity index (χ1) is 29.5. The van der Waals surface area contributed by atoms with Crippen molar-refractivity contribution in [2.75, 3.05) is 42.8 Å². The maximum absolute atomic E-state index is 14.9. The highest BCUT2D eigenvalue weighted by Crippen LogP contribution is 2.54. The highest BCUT2D eigenvalue weighted by Gasteiger charge is 2.47. The maximum atomic E-state index is 14.9. The molecule has 3 amide bonds. The summed E-state index contributed by atoms with van der Waals surface area (Å²) in [6.07, 6.45) is 13.1. The molecule has 2 saturated carbocycles. The summed E-state index contributed by atoms with van der Waals surface area (Å²) in [4.78, 5) is 45.2. The summed E-state index contributed by atoms with van der Waals surface area (Å²) in [5.41, 5.74) is 2.02. The van der Waals surface area contributed by atoms with Crippen LogP contribution in [0.15, 0.2) is 59.7 Å². The molecule has 2 aliphatic heterocycles. The molecular weight excluding hydrogens is 803 g/mol. The molecule has 17 heteroatoms. The highest BCUT2D eigenvalue weighted by atomic mass is 32.2. The number of anilines is 2. The minimum Gasteiger partial charge on any atom is -0.453 e. The number of piperidine rings is 1. The van der Waals surface area contributed by atoms with Gasteiger partial charge in [-0.3, -0.25) is 29.1 Å². The number of fused-ring (bicyclic) bond motifs is 2. The molecule has 14 nitrogen and oxygen atoms in total. The third-order valence-corrected chi connectivity index (χ3v) is 13.6. The van der Waals surface area contributed by atoms with Crippen molar-refractivity contribution >= 4 is 57.4 Å². The Balaban J connectivity index is 0.000000225. The van der Waals surface area contributed by atoms with E-state index in [1.54, 1.807) is 46.9 Å². The van der Waals surface area contributed by atoms with Crippen molar-refractivity contribution in [1.29, 1.82) is 5.26 Å². The van der Waals surface area contributed by atoms with E-state index in [0.29, 0.717) is 33.2 Å². The molecule has 61 heavy (non-hydrogen) atoms. The molecule has 5 aromatic rings. The van der Waals surface area contributed by atoms with Gasteiger partial charge in [0.25, 0.3) is 5.56 Å². The van der Waals surface area contributed by atoms with Crippen LogP contribution in [0, 0.1) is 28.4 Å². The second-order valence-corrected chi connectivity index (χ2v) is 17.5. The summed E-state index contributed by atoms with van der Waals surface area (Å²) in [5.74, 6) is -0.884. The van der Waals surface area contributed by atoms with Gasteiger partial charge in [-0.2, -0.15) is 10.4 Å². The van der Waals surface area contributed by atoms with E-state index in [-0.39, 0.29) is 47.5 Å². The number of carbonyl (C=O) groups excluding carboxylic acids is 2. The predicted octanol–water partition coefficient (Wildman–Crippen LogP) is 8.03. The van der Waals surface area contributed by atoms with Crippen molar-refractivity contribution in [2.45, 2.75) is 83.2 Å². The van der Waals surface area contributed by atoms with Gasteiger partial charge < -0.3 is 14.4 Å². The molecule has 2 N–H and O–H groups in total. The summed E-state index contributed by atoms with van der Waals surface area (Å²) in [6.45, 7) is 5.39. The molecule has 0 unspecified atom stereocenters. The number of nitrogens with one attached hydrogen (secondary N) is 2. The second-order valence-electron chi connectivity index (χ2n) is 16.5. The van der Waals surface area contributed by atoms with Gasteiger partial charge in [0.2, 0.25) is 5.91 Å². The quantitative estimate of drug-likeness (QED) is 0.139. The number of benzene rings is 3. The molecule has 1 spiro atoms. The predicted molar refractivity (Wildman–Crippen MR) is 231 cm³/mol. The van der Waals surface area contributed by atoms with E-state index in [4.69, 9.17) is 4.74 Å². The fourth-order valence-electron chi connectivity index (χ4n) is 9.14. The average molecular weight is 853 g/mol. The summed E-state index contributed by atoms with van der Waals surface area (Å²) < 4.78 is 42.5. The molecule has 3 aromatic carbocycles. The monoisotopic (exact) mass is 852 g/mol.